The van der Waals surface area contributed by atoms with Gasteiger partial charge < -0.3 is 11.1 Å². The fraction of sp³-hybridized carbons (Fsp3) is 0.0833. The lowest BCUT2D eigenvalue weighted by Crippen LogP contribution is -1.97. The molecule has 0 aliphatic rings. The number of nitrogens with zero attached hydrogens (tertiary/aromatic N) is 1. The third kappa shape index (κ3) is 2.85. The second-order valence-electron chi connectivity index (χ2n) is 3.70. The highest BCUT2D eigenvalue weighted by Crippen LogP contribution is 2.21. The van der Waals surface area contributed by atoms with Gasteiger partial charge in [0.2, 0.25) is 0 Å². The molecule has 17 heavy (non-hydrogen) atoms. The van der Waals surface area contributed by atoms with Gasteiger partial charge in [-0.2, -0.15) is 0 Å². The van der Waals surface area contributed by atoms with Crippen LogP contribution in [0.2, 0.25) is 5.15 Å². The molecule has 88 valence electrons. The Kier molecular flexibility index (Phi) is 3.15. The quantitative estimate of drug-likeness (QED) is 0.803. The maximum Gasteiger partial charge on any atom is 0.134 e. The van der Waals surface area contributed by atoms with Gasteiger partial charge in [-0.25, -0.2) is 9.37 Å². The van der Waals surface area contributed by atoms with E-state index in [0.29, 0.717) is 22.2 Å². The molecule has 1 aromatic carbocycles. The second kappa shape index (κ2) is 4.59. The third-order valence-electron chi connectivity index (χ3n) is 2.25. The number of hydrogen-bond donors (Lipinski definition) is 2. The Morgan fingerprint density at radius 1 is 1.29 bits per heavy atom. The average molecular weight is 252 g/mol. The molecular formula is C12H11ClFN3. The van der Waals surface area contributed by atoms with Gasteiger partial charge in [0.1, 0.15) is 16.8 Å². The molecule has 0 amide bonds. The van der Waals surface area contributed by atoms with Crippen LogP contribution in [0.1, 0.15) is 5.56 Å². The number of aryl methyl sites for hydroxylation is 1. The zero-order chi connectivity index (χ0) is 12.4. The van der Waals surface area contributed by atoms with Crippen molar-refractivity contribution in [3.8, 4) is 0 Å². The van der Waals surface area contributed by atoms with Gasteiger partial charge in [-0.1, -0.05) is 11.6 Å². The summed E-state index contributed by atoms with van der Waals surface area (Å²) in [7, 11) is 0. The number of halogens is 2. The smallest absolute Gasteiger partial charge is 0.134 e. The molecule has 0 aliphatic carbocycles. The number of rotatable bonds is 2. The summed E-state index contributed by atoms with van der Waals surface area (Å²) in [5.74, 6) is 0.287. The van der Waals surface area contributed by atoms with Gasteiger partial charge in [0, 0.05) is 17.4 Å². The summed E-state index contributed by atoms with van der Waals surface area (Å²) in [4.78, 5) is 4.06. The van der Waals surface area contributed by atoms with Gasteiger partial charge in [-0.05, 0) is 36.8 Å². The largest absolute Gasteiger partial charge is 0.399 e. The SMILES string of the molecule is Cc1cc(Nc2cc(N)cc(Cl)n2)ccc1F. The van der Waals surface area contributed by atoms with Crippen molar-refractivity contribution >= 4 is 28.8 Å². The highest BCUT2D eigenvalue weighted by atomic mass is 35.5. The van der Waals surface area contributed by atoms with Gasteiger partial charge in [0.15, 0.2) is 0 Å². The van der Waals surface area contributed by atoms with Crippen LogP contribution in [0.25, 0.3) is 0 Å². The molecule has 0 saturated heterocycles. The third-order valence-corrected chi connectivity index (χ3v) is 2.44. The molecule has 1 heterocycles. The molecule has 0 saturated carbocycles. The molecule has 2 rings (SSSR count). The molecule has 0 radical (unpaired) electrons. The van der Waals surface area contributed by atoms with Gasteiger partial charge >= 0.3 is 0 Å². The van der Waals surface area contributed by atoms with Crippen LogP contribution in [0.15, 0.2) is 30.3 Å². The summed E-state index contributed by atoms with van der Waals surface area (Å²) in [5.41, 5.74) is 7.46. The van der Waals surface area contributed by atoms with Crippen LogP contribution in [-0.2, 0) is 0 Å². The molecule has 5 heteroatoms. The first kappa shape index (κ1) is 11.7. The number of anilines is 3. The maximum absolute atomic E-state index is 13.1. The predicted molar refractivity (Wildman–Crippen MR) is 68.1 cm³/mol. The monoisotopic (exact) mass is 251 g/mol. The predicted octanol–water partition coefficient (Wildman–Crippen LogP) is 3.51. The van der Waals surface area contributed by atoms with Crippen molar-refractivity contribution in [2.75, 3.05) is 11.1 Å². The van der Waals surface area contributed by atoms with E-state index in [2.05, 4.69) is 10.3 Å². The molecule has 1 aromatic heterocycles. The Balaban J connectivity index is 2.28. The van der Waals surface area contributed by atoms with Crippen LogP contribution < -0.4 is 11.1 Å². The molecule has 0 aliphatic heterocycles. The van der Waals surface area contributed by atoms with Crippen molar-refractivity contribution in [3.63, 3.8) is 0 Å². The summed E-state index contributed by atoms with van der Waals surface area (Å²) in [6.07, 6.45) is 0. The van der Waals surface area contributed by atoms with E-state index in [0.717, 1.165) is 5.69 Å². The van der Waals surface area contributed by atoms with Crippen LogP contribution in [0.4, 0.5) is 21.6 Å². The summed E-state index contributed by atoms with van der Waals surface area (Å²) in [6, 6.07) is 7.92. The number of pyridine rings is 1. The van der Waals surface area contributed by atoms with Crippen molar-refractivity contribution in [2.45, 2.75) is 6.92 Å². The van der Waals surface area contributed by atoms with Crippen LogP contribution in [0, 0.1) is 12.7 Å². The van der Waals surface area contributed by atoms with Crippen molar-refractivity contribution in [3.05, 3.63) is 46.9 Å². The van der Waals surface area contributed by atoms with E-state index in [1.165, 1.54) is 6.07 Å². The first-order chi connectivity index (χ1) is 8.04. The zero-order valence-electron chi connectivity index (χ0n) is 9.17. The van der Waals surface area contributed by atoms with E-state index >= 15 is 0 Å². The van der Waals surface area contributed by atoms with E-state index in [-0.39, 0.29) is 5.82 Å². The lowest BCUT2D eigenvalue weighted by atomic mass is 10.2. The topological polar surface area (TPSA) is 50.9 Å². The highest BCUT2D eigenvalue weighted by molar-refractivity contribution is 6.29. The number of nitrogen functional groups attached to an aromatic ring is 1. The minimum absolute atomic E-state index is 0.242. The van der Waals surface area contributed by atoms with Gasteiger partial charge in [0.05, 0.1) is 0 Å². The molecule has 2 aromatic rings. The molecule has 0 unspecified atom stereocenters. The van der Waals surface area contributed by atoms with E-state index in [1.807, 2.05) is 0 Å². The van der Waals surface area contributed by atoms with Crippen LogP contribution in [-0.4, -0.2) is 4.98 Å². The molecular weight excluding hydrogens is 241 g/mol. The Morgan fingerprint density at radius 2 is 2.06 bits per heavy atom. The van der Waals surface area contributed by atoms with Crippen LogP contribution in [0.5, 0.6) is 0 Å². The summed E-state index contributed by atoms with van der Waals surface area (Å²) >= 11 is 5.78. The van der Waals surface area contributed by atoms with Crippen molar-refractivity contribution in [1.29, 1.82) is 0 Å². The molecule has 0 bridgehead atoms. The van der Waals surface area contributed by atoms with E-state index < -0.39 is 0 Å². The number of nitrogens with one attached hydrogen (secondary N) is 1. The zero-order valence-corrected chi connectivity index (χ0v) is 9.92. The molecule has 3 nitrogen and oxygen atoms in total. The molecule has 0 fully saturated rings. The minimum Gasteiger partial charge on any atom is -0.399 e. The lowest BCUT2D eigenvalue weighted by Gasteiger charge is -2.08. The van der Waals surface area contributed by atoms with Crippen LogP contribution >= 0.6 is 11.6 Å². The molecule has 0 atom stereocenters. The Bertz CT molecular complexity index is 537. The van der Waals surface area contributed by atoms with Crippen LogP contribution in [0.3, 0.4) is 0 Å². The minimum atomic E-state index is -0.242. The standard InChI is InChI=1S/C12H11ClFN3/c1-7-4-9(2-3-10(7)14)16-12-6-8(15)5-11(13)17-12/h2-6H,1H3,(H3,15,16,17). The number of nitrogens with two attached hydrogens (primary N) is 1. The summed E-state index contributed by atoms with van der Waals surface area (Å²) in [6.45, 7) is 1.69. The maximum atomic E-state index is 13.1. The van der Waals surface area contributed by atoms with Gasteiger partial charge in [-0.15, -0.1) is 0 Å². The number of hydrogen-bond acceptors (Lipinski definition) is 3. The van der Waals surface area contributed by atoms with Crippen molar-refractivity contribution < 1.29 is 4.39 Å². The van der Waals surface area contributed by atoms with Crippen molar-refractivity contribution in [1.82, 2.24) is 4.98 Å². The van der Waals surface area contributed by atoms with E-state index in [1.54, 1.807) is 31.2 Å². The Hall–Kier alpha value is -1.81. The Labute approximate surface area is 103 Å². The first-order valence-electron chi connectivity index (χ1n) is 5.01. The first-order valence-corrected chi connectivity index (χ1v) is 5.38. The number of benzene rings is 1. The summed E-state index contributed by atoms with van der Waals surface area (Å²) < 4.78 is 13.1. The average Bonchev–Trinajstić information content (AvgIpc) is 2.22. The summed E-state index contributed by atoms with van der Waals surface area (Å²) in [5, 5.41) is 3.32. The fourth-order valence-electron chi connectivity index (χ4n) is 1.45. The Morgan fingerprint density at radius 3 is 2.71 bits per heavy atom. The molecule has 0 spiro atoms. The lowest BCUT2D eigenvalue weighted by molar-refractivity contribution is 0.619. The molecule has 3 N–H and O–H groups in total. The van der Waals surface area contributed by atoms with Gasteiger partial charge in [-0.3, -0.25) is 0 Å². The second-order valence-corrected chi connectivity index (χ2v) is 4.08. The fourth-order valence-corrected chi connectivity index (χ4v) is 1.67. The van der Waals surface area contributed by atoms with Gasteiger partial charge in [0.25, 0.3) is 0 Å². The number of aromatic nitrogens is 1. The van der Waals surface area contributed by atoms with E-state index in [4.69, 9.17) is 17.3 Å². The van der Waals surface area contributed by atoms with Crippen molar-refractivity contribution in [2.24, 2.45) is 0 Å². The highest BCUT2D eigenvalue weighted by Gasteiger charge is 2.02. The normalized spacial score (nSPS) is 10.3. The van der Waals surface area contributed by atoms with E-state index in [9.17, 15) is 4.39 Å².